The average molecular weight is 337 g/mol. The van der Waals surface area contributed by atoms with Crippen LogP contribution in [0.15, 0.2) is 61.9 Å². The van der Waals surface area contributed by atoms with Crippen LogP contribution in [0.3, 0.4) is 0 Å². The van der Waals surface area contributed by atoms with Crippen LogP contribution in [-0.4, -0.2) is 11.0 Å². The van der Waals surface area contributed by atoms with E-state index in [0.717, 1.165) is 14.3 Å². The molecule has 3 N–H and O–H groups in total. The summed E-state index contributed by atoms with van der Waals surface area (Å²) in [4.78, 5) is 2.07. The van der Waals surface area contributed by atoms with Gasteiger partial charge in [-0.3, -0.25) is 0 Å². The Labute approximate surface area is 124 Å². The van der Waals surface area contributed by atoms with E-state index >= 15 is 0 Å². The molecule has 0 bridgehead atoms. The predicted octanol–water partition coefficient (Wildman–Crippen LogP) is 4.00. The van der Waals surface area contributed by atoms with Gasteiger partial charge in [0, 0.05) is 19.8 Å². The van der Waals surface area contributed by atoms with Gasteiger partial charge in [-0.15, -0.1) is 0 Å². The molecule has 2 aromatic rings. The lowest BCUT2D eigenvalue weighted by Gasteiger charge is -2.09. The first-order valence-corrected chi connectivity index (χ1v) is 7.23. The zero-order valence-corrected chi connectivity index (χ0v) is 12.7. The molecule has 0 amide bonds. The molecule has 0 aliphatic carbocycles. The number of hydrogen-bond donors (Lipinski definition) is 2. The minimum Gasteiger partial charge on any atom is -0.409 e. The van der Waals surface area contributed by atoms with Gasteiger partial charge < -0.3 is 10.9 Å². The van der Waals surface area contributed by atoms with E-state index < -0.39 is 0 Å². The number of rotatable bonds is 3. The van der Waals surface area contributed by atoms with Gasteiger partial charge in [-0.2, -0.15) is 0 Å². The molecule has 0 aromatic heterocycles. The summed E-state index contributed by atoms with van der Waals surface area (Å²) in [5, 5.41) is 11.9. The molecule has 5 heteroatoms. The molecule has 0 aliphatic heterocycles. The minimum absolute atomic E-state index is 0.108. The minimum atomic E-state index is 0.108. The standard InChI is InChI=1S/C14H13BrN2OS/c1-9-3-2-4-11(7-9)19-13-6-5-10(15)8-12(13)14(16)17-18/h2-8,18H,1H3,(H2,16,17). The van der Waals surface area contributed by atoms with Crippen LogP contribution in [0, 0.1) is 6.92 Å². The first kappa shape index (κ1) is 14.0. The van der Waals surface area contributed by atoms with Crippen LogP contribution in [0.5, 0.6) is 0 Å². The molecule has 19 heavy (non-hydrogen) atoms. The van der Waals surface area contributed by atoms with Gasteiger partial charge in [0.1, 0.15) is 0 Å². The summed E-state index contributed by atoms with van der Waals surface area (Å²) in [7, 11) is 0. The predicted molar refractivity (Wildman–Crippen MR) is 82.0 cm³/mol. The maximum absolute atomic E-state index is 8.85. The highest BCUT2D eigenvalue weighted by atomic mass is 79.9. The Bertz CT molecular complexity index is 629. The molecular weight excluding hydrogens is 324 g/mol. The van der Waals surface area contributed by atoms with Crippen LogP contribution < -0.4 is 5.73 Å². The van der Waals surface area contributed by atoms with E-state index in [9.17, 15) is 0 Å². The number of amidine groups is 1. The van der Waals surface area contributed by atoms with Crippen LogP contribution in [0.2, 0.25) is 0 Å². The molecule has 3 nitrogen and oxygen atoms in total. The van der Waals surface area contributed by atoms with Crippen molar-refractivity contribution in [1.82, 2.24) is 0 Å². The number of nitrogens with two attached hydrogens (primary N) is 1. The topological polar surface area (TPSA) is 58.6 Å². The van der Waals surface area contributed by atoms with Gasteiger partial charge in [-0.05, 0) is 37.3 Å². The number of aryl methyl sites for hydroxylation is 1. The number of halogens is 1. The highest BCUT2D eigenvalue weighted by Crippen LogP contribution is 2.32. The second kappa shape index (κ2) is 6.12. The lowest BCUT2D eigenvalue weighted by molar-refractivity contribution is 0.318. The molecule has 0 heterocycles. The van der Waals surface area contributed by atoms with Crippen molar-refractivity contribution in [2.75, 3.05) is 0 Å². The second-order valence-corrected chi connectivity index (χ2v) is 6.08. The molecule has 0 spiro atoms. The molecule has 0 saturated heterocycles. The summed E-state index contributed by atoms with van der Waals surface area (Å²) >= 11 is 4.98. The molecule has 98 valence electrons. The fourth-order valence-corrected chi connectivity index (χ4v) is 3.07. The van der Waals surface area contributed by atoms with E-state index in [2.05, 4.69) is 40.1 Å². The van der Waals surface area contributed by atoms with E-state index in [1.807, 2.05) is 30.3 Å². The summed E-state index contributed by atoms with van der Waals surface area (Å²) in [6, 6.07) is 13.9. The van der Waals surface area contributed by atoms with Crippen molar-refractivity contribution in [2.45, 2.75) is 16.7 Å². The van der Waals surface area contributed by atoms with Gasteiger partial charge in [0.25, 0.3) is 0 Å². The van der Waals surface area contributed by atoms with Crippen molar-refractivity contribution >= 4 is 33.5 Å². The van der Waals surface area contributed by atoms with Gasteiger partial charge in [0.2, 0.25) is 0 Å². The zero-order valence-electron chi connectivity index (χ0n) is 10.3. The highest BCUT2D eigenvalue weighted by molar-refractivity contribution is 9.10. The molecule has 0 saturated carbocycles. The summed E-state index contributed by atoms with van der Waals surface area (Å²) in [5.74, 6) is 0.108. The average Bonchev–Trinajstić information content (AvgIpc) is 2.40. The van der Waals surface area contributed by atoms with Gasteiger partial charge in [-0.25, -0.2) is 0 Å². The SMILES string of the molecule is Cc1cccc(Sc2ccc(Br)cc2/C(N)=N/O)c1. The summed E-state index contributed by atoms with van der Waals surface area (Å²) < 4.78 is 0.891. The highest BCUT2D eigenvalue weighted by Gasteiger charge is 2.09. The van der Waals surface area contributed by atoms with E-state index in [0.29, 0.717) is 5.56 Å². The third-order valence-corrected chi connectivity index (χ3v) is 4.10. The monoisotopic (exact) mass is 336 g/mol. The number of oxime groups is 1. The van der Waals surface area contributed by atoms with Crippen molar-refractivity contribution < 1.29 is 5.21 Å². The summed E-state index contributed by atoms with van der Waals surface area (Å²) in [6.07, 6.45) is 0. The third kappa shape index (κ3) is 3.52. The normalized spacial score (nSPS) is 11.6. The van der Waals surface area contributed by atoms with E-state index in [-0.39, 0.29) is 5.84 Å². The van der Waals surface area contributed by atoms with Gasteiger partial charge in [0.05, 0.1) is 0 Å². The second-order valence-electron chi connectivity index (χ2n) is 4.04. The maximum Gasteiger partial charge on any atom is 0.171 e. The summed E-state index contributed by atoms with van der Waals surface area (Å²) in [6.45, 7) is 2.05. The van der Waals surface area contributed by atoms with Crippen molar-refractivity contribution in [1.29, 1.82) is 0 Å². The zero-order chi connectivity index (χ0) is 13.8. The van der Waals surface area contributed by atoms with Crippen LogP contribution in [-0.2, 0) is 0 Å². The Hall–Kier alpha value is -1.46. The lowest BCUT2D eigenvalue weighted by Crippen LogP contribution is -2.14. The molecule has 2 rings (SSSR count). The van der Waals surface area contributed by atoms with Gasteiger partial charge >= 0.3 is 0 Å². The Morgan fingerprint density at radius 1 is 1.26 bits per heavy atom. The largest absolute Gasteiger partial charge is 0.409 e. The Balaban J connectivity index is 2.40. The summed E-state index contributed by atoms with van der Waals surface area (Å²) in [5.41, 5.74) is 7.63. The molecule has 0 unspecified atom stereocenters. The molecule has 0 atom stereocenters. The van der Waals surface area contributed by atoms with Crippen LogP contribution in [0.4, 0.5) is 0 Å². The third-order valence-electron chi connectivity index (χ3n) is 2.54. The van der Waals surface area contributed by atoms with Gasteiger partial charge in [-0.1, -0.05) is 50.5 Å². The van der Waals surface area contributed by atoms with E-state index in [4.69, 9.17) is 10.9 Å². The number of hydrogen-bond acceptors (Lipinski definition) is 3. The quantitative estimate of drug-likeness (QED) is 0.385. The molecule has 2 aromatic carbocycles. The molecule has 0 aliphatic rings. The van der Waals surface area contributed by atoms with Crippen LogP contribution in [0.25, 0.3) is 0 Å². The first-order chi connectivity index (χ1) is 9.10. The Kier molecular flexibility index (Phi) is 4.50. The smallest absolute Gasteiger partial charge is 0.171 e. The van der Waals surface area contributed by atoms with Crippen molar-refractivity contribution in [3.8, 4) is 0 Å². The van der Waals surface area contributed by atoms with Crippen LogP contribution in [0.1, 0.15) is 11.1 Å². The molecular formula is C14H13BrN2OS. The number of benzene rings is 2. The Morgan fingerprint density at radius 3 is 2.74 bits per heavy atom. The lowest BCUT2D eigenvalue weighted by atomic mass is 10.2. The Morgan fingerprint density at radius 2 is 2.05 bits per heavy atom. The van der Waals surface area contributed by atoms with Crippen molar-refractivity contribution in [3.63, 3.8) is 0 Å². The van der Waals surface area contributed by atoms with Crippen LogP contribution >= 0.6 is 27.7 Å². The number of nitrogens with zero attached hydrogens (tertiary/aromatic N) is 1. The van der Waals surface area contributed by atoms with Gasteiger partial charge in [0.15, 0.2) is 5.84 Å². The fourth-order valence-electron chi connectivity index (χ4n) is 1.65. The fraction of sp³-hybridized carbons (Fsp3) is 0.0714. The van der Waals surface area contributed by atoms with Crippen molar-refractivity contribution in [2.24, 2.45) is 10.9 Å². The molecule has 0 fully saturated rings. The first-order valence-electron chi connectivity index (χ1n) is 5.62. The van der Waals surface area contributed by atoms with Crippen molar-refractivity contribution in [3.05, 3.63) is 58.1 Å². The maximum atomic E-state index is 8.85. The molecule has 0 radical (unpaired) electrons. The van der Waals surface area contributed by atoms with E-state index in [1.165, 1.54) is 5.56 Å². The van der Waals surface area contributed by atoms with E-state index in [1.54, 1.807) is 11.8 Å².